The zero-order valence-corrected chi connectivity index (χ0v) is 49.7. The van der Waals surface area contributed by atoms with Gasteiger partial charge >= 0.3 is 0 Å². The molecule has 0 bridgehead atoms. The van der Waals surface area contributed by atoms with Crippen LogP contribution in [0.5, 0.6) is 0 Å². The fourth-order valence-electron chi connectivity index (χ4n) is 11.0. The van der Waals surface area contributed by atoms with Gasteiger partial charge in [-0.15, -0.1) is 0 Å². The van der Waals surface area contributed by atoms with Crippen molar-refractivity contribution in [2.45, 2.75) is 283 Å². The number of unbranched alkanes of at least 4 members (excludes halogenated alkanes) is 36. The maximum absolute atomic E-state index is 10.9. The summed E-state index contributed by atoms with van der Waals surface area (Å²) in [5.41, 5.74) is 6.22. The molecule has 0 radical (unpaired) electrons. The van der Waals surface area contributed by atoms with Crippen LogP contribution in [0.25, 0.3) is 21.5 Å². The predicted octanol–water partition coefficient (Wildman–Crippen LogP) is 18.7. The van der Waals surface area contributed by atoms with E-state index < -0.39 is 44.3 Å². The van der Waals surface area contributed by atoms with Crippen LogP contribution in [0, 0.1) is 0 Å². The summed E-state index contributed by atoms with van der Waals surface area (Å²) < 4.78 is 79.6. The molecule has 0 spiro atoms. The Bertz CT molecular complexity index is 1700. The molecule has 426 valence electrons. The first-order valence-electron chi connectivity index (χ1n) is 30.4. The van der Waals surface area contributed by atoms with Crippen LogP contribution >= 0.6 is 0 Å². The number of hydrogen-bond acceptors (Lipinski definition) is 4. The van der Waals surface area contributed by atoms with Crippen molar-refractivity contribution < 1.29 is 35.0 Å². The van der Waals surface area contributed by atoms with Gasteiger partial charge in [-0.3, -0.25) is 0 Å². The standard InChI is InChI=1S/C62H106O8S4/c63-71(64)45-37-29-21-13-5-1-9-17-25-33-41-55-49-59-53-61-51-57(43-35-27-19-11-3-7-15-23-31-39-47-73(67)68)58(44-36-28-20-12-4-8-16-24-32-40-48-74(69)70)52-62(61)54-60(59)50-56(55)42-34-26-18-10-2-6-14-22-30-38-46-72(65)66/h49-54H,1-48H2,(H,63,64)(H,65,66)(H,67,68)(H,69,70). The maximum Gasteiger partial charge on any atom is 0.152 e. The van der Waals surface area contributed by atoms with Gasteiger partial charge in [0.25, 0.3) is 0 Å². The van der Waals surface area contributed by atoms with Crippen LogP contribution in [0.1, 0.15) is 279 Å². The van der Waals surface area contributed by atoms with Crippen LogP contribution in [0.3, 0.4) is 0 Å². The van der Waals surface area contributed by atoms with Crippen LogP contribution in [-0.2, 0) is 70.0 Å². The minimum atomic E-state index is -1.65. The molecule has 74 heavy (non-hydrogen) atoms. The van der Waals surface area contributed by atoms with Crippen molar-refractivity contribution in [3.05, 3.63) is 58.7 Å². The highest BCUT2D eigenvalue weighted by atomic mass is 32.2. The molecule has 4 atom stereocenters. The van der Waals surface area contributed by atoms with Crippen LogP contribution in [-0.4, -0.2) is 58.1 Å². The molecular weight excluding hydrogens is 1000 g/mol. The Balaban J connectivity index is 1.64. The van der Waals surface area contributed by atoms with Crippen LogP contribution in [0.15, 0.2) is 36.4 Å². The predicted molar refractivity (Wildman–Crippen MR) is 324 cm³/mol. The number of rotatable bonds is 52. The van der Waals surface area contributed by atoms with Crippen molar-refractivity contribution in [2.24, 2.45) is 0 Å². The van der Waals surface area contributed by atoms with Gasteiger partial charge in [-0.1, -0.05) is 230 Å². The van der Waals surface area contributed by atoms with Gasteiger partial charge in [0.1, 0.15) is 0 Å². The SMILES string of the molecule is O=S(O)CCCCCCCCCCCCc1cc2cc3cc(CCCCCCCCCCCCS(=O)O)c(CCCCCCCCCCCCS(=O)O)cc3cc2cc1CCCCCCCCCCCCS(=O)O. The summed E-state index contributed by atoms with van der Waals surface area (Å²) >= 11 is -6.60. The molecule has 0 aliphatic carbocycles. The van der Waals surface area contributed by atoms with Gasteiger partial charge in [-0.05, 0) is 133 Å². The van der Waals surface area contributed by atoms with Gasteiger partial charge in [0.05, 0.1) is 0 Å². The van der Waals surface area contributed by atoms with Crippen molar-refractivity contribution in [1.82, 2.24) is 0 Å². The van der Waals surface area contributed by atoms with Gasteiger partial charge in [-0.25, -0.2) is 16.8 Å². The summed E-state index contributed by atoms with van der Waals surface area (Å²) in [6, 6.07) is 15.2. The highest BCUT2D eigenvalue weighted by molar-refractivity contribution is 7.79. The molecule has 0 fully saturated rings. The van der Waals surface area contributed by atoms with Crippen molar-refractivity contribution in [1.29, 1.82) is 0 Å². The molecule has 0 saturated heterocycles. The highest BCUT2D eigenvalue weighted by Gasteiger charge is 2.12. The normalized spacial score (nSPS) is 13.6. The Morgan fingerprint density at radius 3 is 0.486 bits per heavy atom. The first-order chi connectivity index (χ1) is 36.1. The molecule has 0 saturated carbocycles. The first kappa shape index (κ1) is 66.9. The smallest absolute Gasteiger partial charge is 0.152 e. The zero-order chi connectivity index (χ0) is 53.1. The van der Waals surface area contributed by atoms with E-state index in [1.807, 2.05) is 0 Å². The first-order valence-corrected chi connectivity index (χ1v) is 35.5. The van der Waals surface area contributed by atoms with E-state index >= 15 is 0 Å². The summed E-state index contributed by atoms with van der Waals surface area (Å²) in [4.78, 5) is 0. The molecule has 0 amide bonds. The summed E-state index contributed by atoms with van der Waals surface area (Å²) in [7, 11) is 0. The Labute approximate surface area is 462 Å². The van der Waals surface area contributed by atoms with E-state index in [2.05, 4.69) is 36.4 Å². The van der Waals surface area contributed by atoms with E-state index in [-0.39, 0.29) is 0 Å². The molecular formula is C62H106O8S4. The van der Waals surface area contributed by atoms with Crippen molar-refractivity contribution >= 4 is 65.9 Å². The van der Waals surface area contributed by atoms with Crippen LogP contribution in [0.4, 0.5) is 0 Å². The van der Waals surface area contributed by atoms with E-state index in [1.54, 1.807) is 22.3 Å². The van der Waals surface area contributed by atoms with Crippen LogP contribution in [0.2, 0.25) is 0 Å². The van der Waals surface area contributed by atoms with Gasteiger partial charge in [0.2, 0.25) is 0 Å². The monoisotopic (exact) mass is 1110 g/mol. The quantitative estimate of drug-likeness (QED) is 0.0248. The highest BCUT2D eigenvalue weighted by Crippen LogP contribution is 2.32. The number of fused-ring (bicyclic) bond motifs is 2. The Morgan fingerprint density at radius 2 is 0.338 bits per heavy atom. The molecule has 0 aliphatic heterocycles. The lowest BCUT2D eigenvalue weighted by Crippen LogP contribution is -1.98. The lowest BCUT2D eigenvalue weighted by Gasteiger charge is -2.16. The molecule has 0 aromatic heterocycles. The Kier molecular flexibility index (Phi) is 41.1. The Hall–Kier alpha value is -1.38. The topological polar surface area (TPSA) is 149 Å². The molecule has 3 aromatic carbocycles. The van der Waals surface area contributed by atoms with E-state index in [9.17, 15) is 16.8 Å². The van der Waals surface area contributed by atoms with Crippen molar-refractivity contribution in [3.8, 4) is 0 Å². The molecule has 4 unspecified atom stereocenters. The third-order valence-electron chi connectivity index (χ3n) is 15.5. The average molecular weight is 1110 g/mol. The van der Waals surface area contributed by atoms with Crippen molar-refractivity contribution in [2.75, 3.05) is 23.0 Å². The van der Waals surface area contributed by atoms with E-state index in [0.717, 1.165) is 77.0 Å². The van der Waals surface area contributed by atoms with E-state index in [4.69, 9.17) is 18.2 Å². The van der Waals surface area contributed by atoms with Gasteiger partial charge < -0.3 is 18.2 Å². The third kappa shape index (κ3) is 35.2. The van der Waals surface area contributed by atoms with E-state index in [0.29, 0.717) is 23.0 Å². The fourth-order valence-corrected chi connectivity index (χ4v) is 12.8. The number of hydrogen-bond donors (Lipinski definition) is 4. The van der Waals surface area contributed by atoms with Crippen molar-refractivity contribution in [3.63, 3.8) is 0 Å². The summed E-state index contributed by atoms with van der Waals surface area (Å²) in [6.07, 6.45) is 52.6. The second kappa shape index (κ2) is 45.5. The molecule has 12 heteroatoms. The minimum Gasteiger partial charge on any atom is -0.306 e. The van der Waals surface area contributed by atoms with E-state index in [1.165, 1.54) is 227 Å². The van der Waals surface area contributed by atoms with Crippen LogP contribution < -0.4 is 0 Å². The van der Waals surface area contributed by atoms with Gasteiger partial charge in [0.15, 0.2) is 44.3 Å². The maximum atomic E-state index is 10.9. The molecule has 3 rings (SSSR count). The van der Waals surface area contributed by atoms with Gasteiger partial charge in [0, 0.05) is 23.0 Å². The summed E-state index contributed by atoms with van der Waals surface area (Å²) in [5.74, 6) is 1.65. The fraction of sp³-hybridized carbons (Fsp3) is 0.774. The minimum absolute atomic E-state index is 0.412. The lowest BCUT2D eigenvalue weighted by atomic mass is 9.89. The molecule has 0 aliphatic rings. The summed E-state index contributed by atoms with van der Waals surface area (Å²) in [5, 5.41) is 5.54. The molecule has 4 N–H and O–H groups in total. The summed E-state index contributed by atoms with van der Waals surface area (Å²) in [6.45, 7) is 0. The molecule has 3 aromatic rings. The third-order valence-corrected chi connectivity index (χ3v) is 18.0. The Morgan fingerprint density at radius 1 is 0.203 bits per heavy atom. The zero-order valence-electron chi connectivity index (χ0n) is 46.5. The second-order valence-corrected chi connectivity index (χ2v) is 26.2. The molecule has 8 nitrogen and oxygen atoms in total. The average Bonchev–Trinajstić information content (AvgIpc) is 3.36. The second-order valence-electron chi connectivity index (χ2n) is 22.0. The number of aryl methyl sites for hydroxylation is 4. The lowest BCUT2D eigenvalue weighted by molar-refractivity contribution is 0.543. The van der Waals surface area contributed by atoms with Gasteiger partial charge in [-0.2, -0.15) is 0 Å². The largest absolute Gasteiger partial charge is 0.306 e. The number of benzene rings is 3. The molecule has 0 heterocycles.